The molecule has 0 spiro atoms. The third-order valence-electron chi connectivity index (χ3n) is 1.85. The summed E-state index contributed by atoms with van der Waals surface area (Å²) in [5, 5.41) is 14.6. The molecule has 0 radical (unpaired) electrons. The van der Waals surface area contributed by atoms with Gasteiger partial charge in [0.25, 0.3) is 5.69 Å². The molecular weight excluding hydrogens is 218 g/mol. The summed E-state index contributed by atoms with van der Waals surface area (Å²) in [5.74, 6) is 0.220. The summed E-state index contributed by atoms with van der Waals surface area (Å²) in [4.78, 5) is 10.3. The number of nitrogens with zero attached hydrogens (tertiary/aromatic N) is 3. The molecule has 0 amide bonds. The number of nitro groups is 1. The Morgan fingerprint density at radius 2 is 2.27 bits per heavy atom. The van der Waals surface area contributed by atoms with Gasteiger partial charge in [0.15, 0.2) is 6.73 Å². The number of thiol groups is 1. The first-order valence-corrected chi connectivity index (χ1v) is 4.50. The zero-order chi connectivity index (χ0) is 10.8. The molecule has 0 saturated heterocycles. The smallest absolute Gasteiger partial charge is 0.282 e. The van der Waals surface area contributed by atoms with Gasteiger partial charge < -0.3 is 4.74 Å². The summed E-state index contributed by atoms with van der Waals surface area (Å²) >= 11 is 3.94. The van der Waals surface area contributed by atoms with Gasteiger partial charge in [0.1, 0.15) is 5.56 Å². The monoisotopic (exact) mass is 225 g/mol. The highest BCUT2D eigenvalue weighted by Crippen LogP contribution is 2.22. The third kappa shape index (κ3) is 1.86. The van der Waals surface area contributed by atoms with Crippen molar-refractivity contribution in [1.29, 1.82) is 0 Å². The SMILES string of the molecule is O=[N+]([O-])c1ccccc1C1=NN(S)CO1. The van der Waals surface area contributed by atoms with Gasteiger partial charge in [-0.2, -0.15) is 0 Å². The maximum absolute atomic E-state index is 10.7. The molecule has 6 nitrogen and oxygen atoms in total. The van der Waals surface area contributed by atoms with Gasteiger partial charge in [0.2, 0.25) is 5.90 Å². The Hall–Kier alpha value is -1.76. The molecule has 1 aliphatic rings. The van der Waals surface area contributed by atoms with Crippen LogP contribution in [-0.2, 0) is 4.74 Å². The van der Waals surface area contributed by atoms with Crippen LogP contribution in [0.4, 0.5) is 5.69 Å². The molecule has 0 bridgehead atoms. The number of hydrogen-bond donors (Lipinski definition) is 1. The quantitative estimate of drug-likeness (QED) is 0.469. The highest BCUT2D eigenvalue weighted by atomic mass is 32.1. The van der Waals surface area contributed by atoms with E-state index < -0.39 is 4.92 Å². The maximum Gasteiger partial charge on any atom is 0.282 e. The molecule has 0 N–H and O–H groups in total. The minimum Gasteiger partial charge on any atom is -0.452 e. The van der Waals surface area contributed by atoms with Crippen LogP contribution in [-0.4, -0.2) is 22.0 Å². The molecule has 0 saturated carbocycles. The van der Waals surface area contributed by atoms with E-state index >= 15 is 0 Å². The summed E-state index contributed by atoms with van der Waals surface area (Å²) in [5.41, 5.74) is 0.332. The van der Waals surface area contributed by atoms with Gasteiger partial charge in [0.05, 0.1) is 4.92 Å². The lowest BCUT2D eigenvalue weighted by Crippen LogP contribution is -2.05. The highest BCUT2D eigenvalue weighted by Gasteiger charge is 2.23. The second-order valence-corrected chi connectivity index (χ2v) is 3.29. The van der Waals surface area contributed by atoms with Gasteiger partial charge in [0, 0.05) is 6.07 Å². The number of nitro benzene ring substituents is 1. The fourth-order valence-electron chi connectivity index (χ4n) is 1.23. The van der Waals surface area contributed by atoms with Crippen molar-refractivity contribution >= 4 is 24.4 Å². The molecule has 78 valence electrons. The van der Waals surface area contributed by atoms with Gasteiger partial charge in [-0.1, -0.05) is 12.1 Å². The van der Waals surface area contributed by atoms with E-state index in [1.165, 1.54) is 10.5 Å². The zero-order valence-corrected chi connectivity index (χ0v) is 8.42. The first-order chi connectivity index (χ1) is 7.18. The van der Waals surface area contributed by atoms with Gasteiger partial charge in [-0.15, -0.1) is 5.10 Å². The Morgan fingerprint density at radius 3 is 2.87 bits per heavy atom. The zero-order valence-electron chi connectivity index (χ0n) is 7.53. The lowest BCUT2D eigenvalue weighted by Gasteiger charge is -2.00. The topological polar surface area (TPSA) is 68.0 Å². The second kappa shape index (κ2) is 3.77. The van der Waals surface area contributed by atoms with Crippen LogP contribution in [0.5, 0.6) is 0 Å². The number of hydrogen-bond acceptors (Lipinski definition) is 6. The molecule has 1 heterocycles. The van der Waals surface area contributed by atoms with Crippen molar-refractivity contribution in [3.8, 4) is 0 Å². The summed E-state index contributed by atoms with van der Waals surface area (Å²) < 4.78 is 6.41. The maximum atomic E-state index is 10.7. The normalized spacial score (nSPS) is 14.7. The Labute approximate surface area is 90.8 Å². The highest BCUT2D eigenvalue weighted by molar-refractivity contribution is 7.77. The lowest BCUT2D eigenvalue weighted by atomic mass is 10.2. The summed E-state index contributed by atoms with van der Waals surface area (Å²) in [6.07, 6.45) is 0. The van der Waals surface area contributed by atoms with Crippen LogP contribution in [0.2, 0.25) is 0 Å². The summed E-state index contributed by atoms with van der Waals surface area (Å²) in [6, 6.07) is 6.28. The predicted octanol–water partition coefficient (Wildman–Crippen LogP) is 1.39. The Morgan fingerprint density at radius 1 is 1.53 bits per heavy atom. The first kappa shape index (κ1) is 9.78. The minimum absolute atomic E-state index is 0.0279. The van der Waals surface area contributed by atoms with Crippen LogP contribution in [0.25, 0.3) is 0 Å². The summed E-state index contributed by atoms with van der Waals surface area (Å²) in [7, 11) is 0. The van der Waals surface area contributed by atoms with Crippen molar-refractivity contribution in [2.75, 3.05) is 6.73 Å². The van der Waals surface area contributed by atoms with Crippen LogP contribution in [0.15, 0.2) is 29.4 Å². The van der Waals surface area contributed by atoms with Crippen molar-refractivity contribution in [3.63, 3.8) is 0 Å². The molecule has 15 heavy (non-hydrogen) atoms. The Bertz CT molecular complexity index is 435. The standard InChI is InChI=1S/C8H7N3O3S/c12-11(13)7-4-2-1-3-6(7)8-9-10(15)5-14-8/h1-4,15H,5H2. The van der Waals surface area contributed by atoms with Crippen molar-refractivity contribution in [3.05, 3.63) is 39.9 Å². The van der Waals surface area contributed by atoms with E-state index in [0.717, 1.165) is 0 Å². The Kier molecular flexibility index (Phi) is 2.46. The molecule has 1 aromatic carbocycles. The number of rotatable bonds is 2. The van der Waals surface area contributed by atoms with Crippen LogP contribution in [0, 0.1) is 10.1 Å². The third-order valence-corrected chi connectivity index (χ3v) is 2.06. The number of hydrazone groups is 1. The van der Waals surface area contributed by atoms with Crippen molar-refractivity contribution in [2.45, 2.75) is 0 Å². The molecule has 2 rings (SSSR count). The lowest BCUT2D eigenvalue weighted by molar-refractivity contribution is -0.385. The van der Waals surface area contributed by atoms with E-state index in [0.29, 0.717) is 5.56 Å². The van der Waals surface area contributed by atoms with Gasteiger partial charge in [-0.3, -0.25) is 10.1 Å². The average molecular weight is 225 g/mol. The van der Waals surface area contributed by atoms with Gasteiger partial charge >= 0.3 is 0 Å². The molecule has 0 unspecified atom stereocenters. The first-order valence-electron chi connectivity index (χ1n) is 4.10. The minimum atomic E-state index is -0.470. The molecule has 0 atom stereocenters. The molecule has 1 aromatic rings. The fourth-order valence-corrected chi connectivity index (χ4v) is 1.37. The van der Waals surface area contributed by atoms with Crippen molar-refractivity contribution < 1.29 is 9.66 Å². The molecule has 0 aromatic heterocycles. The summed E-state index contributed by atoms with van der Waals surface area (Å²) in [6.45, 7) is 0.185. The van der Waals surface area contributed by atoms with E-state index in [9.17, 15) is 10.1 Å². The second-order valence-electron chi connectivity index (χ2n) is 2.83. The fraction of sp³-hybridized carbons (Fsp3) is 0.125. The van der Waals surface area contributed by atoms with Crippen LogP contribution < -0.4 is 0 Å². The molecule has 1 aliphatic heterocycles. The van der Waals surface area contributed by atoms with Crippen LogP contribution in [0.1, 0.15) is 5.56 Å². The van der Waals surface area contributed by atoms with Crippen molar-refractivity contribution in [2.24, 2.45) is 5.10 Å². The number of para-hydroxylation sites is 1. The Balaban J connectivity index is 2.44. The van der Waals surface area contributed by atoms with E-state index in [1.807, 2.05) is 0 Å². The average Bonchev–Trinajstić information content (AvgIpc) is 2.65. The van der Waals surface area contributed by atoms with E-state index in [-0.39, 0.29) is 18.3 Å². The predicted molar refractivity (Wildman–Crippen MR) is 56.4 cm³/mol. The van der Waals surface area contributed by atoms with Crippen LogP contribution >= 0.6 is 12.8 Å². The molecule has 0 aliphatic carbocycles. The largest absolute Gasteiger partial charge is 0.452 e. The molecule has 7 heteroatoms. The molecular formula is C8H7N3O3S. The van der Waals surface area contributed by atoms with Crippen LogP contribution in [0.3, 0.4) is 0 Å². The van der Waals surface area contributed by atoms with E-state index in [4.69, 9.17) is 4.74 Å². The van der Waals surface area contributed by atoms with E-state index in [2.05, 4.69) is 17.9 Å². The van der Waals surface area contributed by atoms with Gasteiger partial charge in [-0.25, -0.2) is 4.41 Å². The van der Waals surface area contributed by atoms with Gasteiger partial charge in [-0.05, 0) is 18.9 Å². The number of ether oxygens (including phenoxy) is 1. The number of benzene rings is 1. The van der Waals surface area contributed by atoms with Crippen molar-refractivity contribution in [1.82, 2.24) is 4.41 Å². The molecule has 0 fully saturated rings. The van der Waals surface area contributed by atoms with E-state index in [1.54, 1.807) is 18.2 Å².